The summed E-state index contributed by atoms with van der Waals surface area (Å²) in [6, 6.07) is 1.74. The van der Waals surface area contributed by atoms with E-state index in [9.17, 15) is 4.79 Å². The highest BCUT2D eigenvalue weighted by Gasteiger charge is 2.31. The van der Waals surface area contributed by atoms with Gasteiger partial charge in [0.15, 0.2) is 5.69 Å². The van der Waals surface area contributed by atoms with Gasteiger partial charge in [0.2, 0.25) is 0 Å². The summed E-state index contributed by atoms with van der Waals surface area (Å²) in [5.41, 5.74) is 1.42. The van der Waals surface area contributed by atoms with Crippen molar-refractivity contribution in [3.05, 3.63) is 35.2 Å². The third-order valence-corrected chi connectivity index (χ3v) is 4.00. The number of amides is 1. The van der Waals surface area contributed by atoms with Crippen LogP contribution in [0.4, 0.5) is 0 Å². The molecule has 1 fully saturated rings. The molecule has 1 aliphatic heterocycles. The maximum absolute atomic E-state index is 12.4. The Balaban J connectivity index is 1.72. The van der Waals surface area contributed by atoms with E-state index in [1.165, 1.54) is 0 Å². The summed E-state index contributed by atoms with van der Waals surface area (Å²) < 4.78 is 7.17. The number of rotatable bonds is 3. The number of nitrogens with zero attached hydrogens (tertiary/aromatic N) is 4. The first-order valence-corrected chi connectivity index (χ1v) is 7.33. The van der Waals surface area contributed by atoms with Crippen molar-refractivity contribution in [1.29, 1.82) is 0 Å². The normalized spacial score (nSPS) is 18.4. The third-order valence-electron chi connectivity index (χ3n) is 4.00. The second-order valence-corrected chi connectivity index (χ2v) is 5.62. The van der Waals surface area contributed by atoms with E-state index in [0.29, 0.717) is 18.2 Å². The highest BCUT2D eigenvalue weighted by atomic mass is 16.5. The molecule has 3 heterocycles. The monoisotopic (exact) mass is 288 g/mol. The van der Waals surface area contributed by atoms with Crippen LogP contribution in [0.2, 0.25) is 0 Å². The molecule has 0 saturated carbocycles. The Morgan fingerprint density at radius 3 is 2.95 bits per heavy atom. The van der Waals surface area contributed by atoms with E-state index in [0.717, 1.165) is 36.7 Å². The average Bonchev–Trinajstić information content (AvgIpc) is 3.17. The number of carbonyl (C=O) groups is 1. The molecular formula is C15H20N4O2. The quantitative estimate of drug-likeness (QED) is 0.865. The summed E-state index contributed by atoms with van der Waals surface area (Å²) in [5, 5.41) is 3.86. The van der Waals surface area contributed by atoms with Gasteiger partial charge in [0.1, 0.15) is 11.6 Å². The average molecular weight is 288 g/mol. The van der Waals surface area contributed by atoms with Gasteiger partial charge in [-0.2, -0.15) is 0 Å². The lowest BCUT2D eigenvalue weighted by Crippen LogP contribution is -2.29. The number of aryl methyl sites for hydroxylation is 3. The molecule has 2 aromatic rings. The topological polar surface area (TPSA) is 64.2 Å². The Morgan fingerprint density at radius 1 is 1.52 bits per heavy atom. The van der Waals surface area contributed by atoms with Crippen molar-refractivity contribution in [2.24, 2.45) is 7.05 Å². The van der Waals surface area contributed by atoms with Gasteiger partial charge < -0.3 is 14.0 Å². The predicted molar refractivity (Wildman–Crippen MR) is 77.1 cm³/mol. The van der Waals surface area contributed by atoms with Gasteiger partial charge in [-0.15, -0.1) is 0 Å². The van der Waals surface area contributed by atoms with E-state index in [1.54, 1.807) is 6.07 Å². The number of hydrogen-bond donors (Lipinski definition) is 0. The van der Waals surface area contributed by atoms with Crippen molar-refractivity contribution in [1.82, 2.24) is 19.6 Å². The van der Waals surface area contributed by atoms with Crippen LogP contribution in [0.3, 0.4) is 0 Å². The van der Waals surface area contributed by atoms with E-state index in [4.69, 9.17) is 4.52 Å². The molecule has 1 aliphatic rings. The second-order valence-electron chi connectivity index (χ2n) is 5.62. The van der Waals surface area contributed by atoms with Gasteiger partial charge in [0, 0.05) is 44.7 Å². The highest BCUT2D eigenvalue weighted by molar-refractivity contribution is 5.92. The Morgan fingerprint density at radius 2 is 2.33 bits per heavy atom. The van der Waals surface area contributed by atoms with Gasteiger partial charge in [-0.25, -0.2) is 4.98 Å². The number of imidazole rings is 1. The molecule has 6 heteroatoms. The van der Waals surface area contributed by atoms with Crippen LogP contribution in [0, 0.1) is 6.92 Å². The molecule has 3 rings (SSSR count). The number of hydrogen-bond acceptors (Lipinski definition) is 4. The van der Waals surface area contributed by atoms with Gasteiger partial charge in [-0.3, -0.25) is 4.79 Å². The largest absolute Gasteiger partial charge is 0.361 e. The molecule has 0 unspecified atom stereocenters. The highest BCUT2D eigenvalue weighted by Crippen LogP contribution is 2.27. The third kappa shape index (κ3) is 2.57. The summed E-state index contributed by atoms with van der Waals surface area (Å²) in [5.74, 6) is 2.04. The van der Waals surface area contributed by atoms with Crippen molar-refractivity contribution >= 4 is 5.91 Å². The zero-order chi connectivity index (χ0) is 15.0. The molecule has 0 aromatic carbocycles. The first-order chi connectivity index (χ1) is 10.1. The van der Waals surface area contributed by atoms with Crippen LogP contribution in [-0.2, 0) is 13.5 Å². The van der Waals surface area contributed by atoms with Gasteiger partial charge in [0.25, 0.3) is 5.91 Å². The van der Waals surface area contributed by atoms with Crippen molar-refractivity contribution in [2.45, 2.75) is 32.6 Å². The van der Waals surface area contributed by atoms with Crippen molar-refractivity contribution < 1.29 is 9.32 Å². The van der Waals surface area contributed by atoms with Gasteiger partial charge in [0.05, 0.1) is 5.69 Å². The lowest BCUT2D eigenvalue weighted by molar-refractivity contribution is 0.0780. The summed E-state index contributed by atoms with van der Waals surface area (Å²) in [4.78, 5) is 18.8. The Bertz CT molecular complexity index is 658. The molecule has 0 bridgehead atoms. The zero-order valence-electron chi connectivity index (χ0n) is 12.7. The maximum atomic E-state index is 12.4. The van der Waals surface area contributed by atoms with Crippen LogP contribution in [0.1, 0.15) is 47.0 Å². The molecule has 6 nitrogen and oxygen atoms in total. The SMILES string of the molecule is CCc1cc(C(=O)N2CC[C@@H](c3nc(C)cn3C)C2)no1. The fourth-order valence-electron chi connectivity index (χ4n) is 2.91. The number of carbonyl (C=O) groups excluding carboxylic acids is 1. The van der Waals surface area contributed by atoms with Gasteiger partial charge in [-0.05, 0) is 13.3 Å². The summed E-state index contributed by atoms with van der Waals surface area (Å²) in [6.45, 7) is 5.40. The first-order valence-electron chi connectivity index (χ1n) is 7.33. The van der Waals surface area contributed by atoms with E-state index in [2.05, 4.69) is 14.7 Å². The molecule has 1 atom stereocenters. The molecule has 2 aromatic heterocycles. The second kappa shape index (κ2) is 5.35. The van der Waals surface area contributed by atoms with E-state index < -0.39 is 0 Å². The number of likely N-dealkylation sites (tertiary alicyclic amines) is 1. The number of aromatic nitrogens is 3. The molecule has 1 amide bonds. The smallest absolute Gasteiger partial charge is 0.276 e. The van der Waals surface area contributed by atoms with Crippen LogP contribution < -0.4 is 0 Å². The van der Waals surface area contributed by atoms with Crippen LogP contribution in [-0.4, -0.2) is 38.6 Å². The fraction of sp³-hybridized carbons (Fsp3) is 0.533. The van der Waals surface area contributed by atoms with Crippen molar-refractivity contribution in [3.63, 3.8) is 0 Å². The minimum Gasteiger partial charge on any atom is -0.361 e. The molecule has 0 spiro atoms. The Labute approximate surface area is 123 Å². The molecular weight excluding hydrogens is 268 g/mol. The minimum atomic E-state index is -0.0492. The van der Waals surface area contributed by atoms with Crippen molar-refractivity contribution in [3.8, 4) is 0 Å². The van der Waals surface area contributed by atoms with E-state index >= 15 is 0 Å². The van der Waals surface area contributed by atoms with Crippen molar-refractivity contribution in [2.75, 3.05) is 13.1 Å². The van der Waals surface area contributed by atoms with Crippen LogP contribution in [0.15, 0.2) is 16.8 Å². The standard InChI is InChI=1S/C15H20N4O2/c1-4-12-7-13(17-21-12)15(20)19-6-5-11(9-19)14-16-10(2)8-18(14)3/h7-8,11H,4-6,9H2,1-3H3/t11-/m1/s1. The zero-order valence-corrected chi connectivity index (χ0v) is 12.7. The minimum absolute atomic E-state index is 0.0492. The van der Waals surface area contributed by atoms with Crippen LogP contribution in [0.5, 0.6) is 0 Å². The Hall–Kier alpha value is -2.11. The van der Waals surface area contributed by atoms with E-state index in [1.807, 2.05) is 32.0 Å². The van der Waals surface area contributed by atoms with Gasteiger partial charge >= 0.3 is 0 Å². The van der Waals surface area contributed by atoms with E-state index in [-0.39, 0.29) is 5.91 Å². The molecule has 112 valence electrons. The van der Waals surface area contributed by atoms with Gasteiger partial charge in [-0.1, -0.05) is 12.1 Å². The first kappa shape index (κ1) is 13.9. The lowest BCUT2D eigenvalue weighted by Gasteiger charge is -2.14. The molecule has 1 saturated heterocycles. The molecule has 0 N–H and O–H groups in total. The van der Waals surface area contributed by atoms with Crippen LogP contribution in [0.25, 0.3) is 0 Å². The fourth-order valence-corrected chi connectivity index (χ4v) is 2.91. The lowest BCUT2D eigenvalue weighted by atomic mass is 10.1. The molecule has 0 radical (unpaired) electrons. The Kier molecular flexibility index (Phi) is 3.53. The summed E-state index contributed by atoms with van der Waals surface area (Å²) in [7, 11) is 2.00. The maximum Gasteiger partial charge on any atom is 0.276 e. The molecule has 21 heavy (non-hydrogen) atoms. The predicted octanol–water partition coefficient (Wildman–Crippen LogP) is 1.91. The summed E-state index contributed by atoms with van der Waals surface area (Å²) in [6.07, 6.45) is 3.70. The van der Waals surface area contributed by atoms with Crippen LogP contribution >= 0.6 is 0 Å². The summed E-state index contributed by atoms with van der Waals surface area (Å²) >= 11 is 0. The molecule has 0 aliphatic carbocycles.